The zero-order valence-electron chi connectivity index (χ0n) is 28.9. The molecule has 0 bridgehead atoms. The van der Waals surface area contributed by atoms with Gasteiger partial charge in [-0.2, -0.15) is 5.26 Å². The number of nitrogens with zero attached hydrogens (tertiary/aromatic N) is 7. The van der Waals surface area contributed by atoms with E-state index >= 15 is 0 Å². The number of hydrogen-bond donors (Lipinski definition) is 0. The van der Waals surface area contributed by atoms with Gasteiger partial charge in [0.05, 0.1) is 11.6 Å². The van der Waals surface area contributed by atoms with Gasteiger partial charge in [0.2, 0.25) is 0 Å². The fourth-order valence-electron chi connectivity index (χ4n) is 6.41. The van der Waals surface area contributed by atoms with Crippen LogP contribution < -0.4 is 0 Å². The van der Waals surface area contributed by atoms with Crippen LogP contribution in [0.15, 0.2) is 176 Å². The molecule has 0 unspecified atom stereocenters. The highest BCUT2D eigenvalue weighted by atomic mass is 15.0. The lowest BCUT2D eigenvalue weighted by atomic mass is 10.0. The zero-order chi connectivity index (χ0) is 36.3. The third kappa shape index (κ3) is 6.59. The van der Waals surface area contributed by atoms with Gasteiger partial charge in [-0.25, -0.2) is 29.9 Å². The molecule has 2 aromatic heterocycles. The average Bonchev–Trinajstić information content (AvgIpc) is 3.26. The van der Waals surface area contributed by atoms with Gasteiger partial charge < -0.3 is 0 Å². The highest BCUT2D eigenvalue weighted by Gasteiger charge is 2.15. The first kappa shape index (κ1) is 32.2. The highest BCUT2D eigenvalue weighted by molar-refractivity contribution is 5.86. The third-order valence-corrected chi connectivity index (χ3v) is 9.19. The first-order chi connectivity index (χ1) is 26.7. The minimum Gasteiger partial charge on any atom is -0.208 e. The smallest absolute Gasteiger partial charge is 0.164 e. The SMILES string of the molecule is N#Cc1cccc(-c2nc(-c3ccc(-c4cccc(-c5nc(-c6ccccc6)nc(-c6ccccc6)n5)c4)cc3)nc(-c3ccc4ccccc4c3)n2)c1. The summed E-state index contributed by atoms with van der Waals surface area (Å²) in [5, 5.41) is 11.8. The molecule has 2 heterocycles. The van der Waals surface area contributed by atoms with E-state index in [0.717, 1.165) is 55.3 Å². The van der Waals surface area contributed by atoms with E-state index in [1.54, 1.807) is 12.1 Å². The van der Waals surface area contributed by atoms with E-state index in [4.69, 9.17) is 29.9 Å². The maximum atomic E-state index is 9.58. The van der Waals surface area contributed by atoms with Crippen LogP contribution in [0, 0.1) is 11.3 Å². The van der Waals surface area contributed by atoms with E-state index in [-0.39, 0.29) is 0 Å². The minimum atomic E-state index is 0.499. The van der Waals surface area contributed by atoms with Crippen LogP contribution in [0.5, 0.6) is 0 Å². The van der Waals surface area contributed by atoms with E-state index < -0.39 is 0 Å². The summed E-state index contributed by atoms with van der Waals surface area (Å²) < 4.78 is 0. The zero-order valence-corrected chi connectivity index (χ0v) is 28.9. The molecule has 0 aliphatic rings. The van der Waals surface area contributed by atoms with E-state index in [9.17, 15) is 5.26 Å². The molecule has 9 rings (SSSR count). The quantitative estimate of drug-likeness (QED) is 0.164. The molecule has 7 heteroatoms. The van der Waals surface area contributed by atoms with Gasteiger partial charge in [0.25, 0.3) is 0 Å². The summed E-state index contributed by atoms with van der Waals surface area (Å²) in [5.74, 6) is 3.43. The number of nitriles is 1. The van der Waals surface area contributed by atoms with Gasteiger partial charge >= 0.3 is 0 Å². The molecule has 0 spiro atoms. The Kier molecular flexibility index (Phi) is 8.44. The van der Waals surface area contributed by atoms with Crippen LogP contribution in [0.2, 0.25) is 0 Å². The molecule has 9 aromatic rings. The molecule has 0 aliphatic carbocycles. The lowest BCUT2D eigenvalue weighted by molar-refractivity contribution is 1.07. The first-order valence-electron chi connectivity index (χ1n) is 17.5. The van der Waals surface area contributed by atoms with Gasteiger partial charge in [0.15, 0.2) is 34.9 Å². The second-order valence-electron chi connectivity index (χ2n) is 12.8. The molecule has 0 aliphatic heterocycles. The number of hydrogen-bond acceptors (Lipinski definition) is 7. The first-order valence-corrected chi connectivity index (χ1v) is 17.5. The Morgan fingerprint density at radius 1 is 0.278 bits per heavy atom. The topological polar surface area (TPSA) is 101 Å². The Morgan fingerprint density at radius 3 is 1.24 bits per heavy atom. The van der Waals surface area contributed by atoms with Crippen LogP contribution in [0.1, 0.15) is 5.56 Å². The molecule has 0 amide bonds. The van der Waals surface area contributed by atoms with Gasteiger partial charge in [-0.05, 0) is 46.2 Å². The molecule has 0 atom stereocenters. The fraction of sp³-hybridized carbons (Fsp3) is 0. The lowest BCUT2D eigenvalue weighted by Gasteiger charge is -2.11. The molecule has 0 N–H and O–H groups in total. The van der Waals surface area contributed by atoms with Gasteiger partial charge in [-0.15, -0.1) is 0 Å². The van der Waals surface area contributed by atoms with Crippen molar-refractivity contribution in [2.24, 2.45) is 0 Å². The summed E-state index contributed by atoms with van der Waals surface area (Å²) >= 11 is 0. The number of rotatable bonds is 7. The van der Waals surface area contributed by atoms with Crippen molar-refractivity contribution in [2.75, 3.05) is 0 Å². The summed E-state index contributed by atoms with van der Waals surface area (Å²) in [7, 11) is 0. The number of benzene rings is 7. The molecule has 252 valence electrons. The Bertz CT molecular complexity index is 2770. The minimum absolute atomic E-state index is 0.499. The van der Waals surface area contributed by atoms with Crippen molar-refractivity contribution in [3.8, 4) is 85.5 Å². The second kappa shape index (κ2) is 14.1. The third-order valence-electron chi connectivity index (χ3n) is 9.19. The Hall–Kier alpha value is -7.69. The Balaban J connectivity index is 1.09. The van der Waals surface area contributed by atoms with Gasteiger partial charge in [-0.3, -0.25) is 0 Å². The molecule has 54 heavy (non-hydrogen) atoms. The van der Waals surface area contributed by atoms with Crippen molar-refractivity contribution < 1.29 is 0 Å². The van der Waals surface area contributed by atoms with Crippen LogP contribution >= 0.6 is 0 Å². The molecule has 7 nitrogen and oxygen atoms in total. The summed E-state index contributed by atoms with van der Waals surface area (Å²) in [6.07, 6.45) is 0. The van der Waals surface area contributed by atoms with E-state index in [0.29, 0.717) is 40.5 Å². The van der Waals surface area contributed by atoms with Crippen LogP contribution in [0.4, 0.5) is 0 Å². The van der Waals surface area contributed by atoms with Crippen molar-refractivity contribution in [1.82, 2.24) is 29.9 Å². The van der Waals surface area contributed by atoms with Crippen molar-refractivity contribution in [1.29, 1.82) is 5.26 Å². The molecule has 0 radical (unpaired) electrons. The predicted molar refractivity (Wildman–Crippen MR) is 213 cm³/mol. The Labute approximate surface area is 312 Å². The van der Waals surface area contributed by atoms with Crippen molar-refractivity contribution in [2.45, 2.75) is 0 Å². The monoisotopic (exact) mass is 691 g/mol. The van der Waals surface area contributed by atoms with E-state index in [2.05, 4.69) is 54.6 Å². The molecular formula is C47H29N7. The summed E-state index contributed by atoms with van der Waals surface area (Å²) in [6.45, 7) is 0. The number of fused-ring (bicyclic) bond motifs is 1. The van der Waals surface area contributed by atoms with Crippen molar-refractivity contribution in [3.63, 3.8) is 0 Å². The highest BCUT2D eigenvalue weighted by Crippen LogP contribution is 2.31. The van der Waals surface area contributed by atoms with Crippen molar-refractivity contribution in [3.05, 3.63) is 181 Å². The lowest BCUT2D eigenvalue weighted by Crippen LogP contribution is -2.00. The number of aromatic nitrogens is 6. The summed E-state index contributed by atoms with van der Waals surface area (Å²) in [4.78, 5) is 29.4. The standard InChI is InChI=1S/C47H29N7/c48-30-31-11-9-19-39(27-31)45-52-44(53-47(54-45)41-26-23-32-12-7-8-17-37(32)29-41)36-24-21-33(22-25-36)38-18-10-20-40(28-38)46-50-42(34-13-3-1-4-14-34)49-43(51-46)35-15-5-2-6-16-35/h1-29H. The van der Waals surface area contributed by atoms with Crippen LogP contribution in [0.25, 0.3) is 90.2 Å². The predicted octanol–water partition coefficient (Wildman–Crippen LogP) is 10.8. The maximum Gasteiger partial charge on any atom is 0.164 e. The normalized spacial score (nSPS) is 10.9. The largest absolute Gasteiger partial charge is 0.208 e. The summed E-state index contributed by atoms with van der Waals surface area (Å²) in [5.41, 5.74) is 7.78. The maximum absolute atomic E-state index is 9.58. The van der Waals surface area contributed by atoms with Gasteiger partial charge in [0, 0.05) is 33.4 Å². The van der Waals surface area contributed by atoms with E-state index in [1.807, 2.05) is 115 Å². The van der Waals surface area contributed by atoms with E-state index in [1.165, 1.54) is 0 Å². The molecule has 0 saturated heterocycles. The van der Waals surface area contributed by atoms with Crippen LogP contribution in [0.3, 0.4) is 0 Å². The van der Waals surface area contributed by atoms with Crippen LogP contribution in [-0.2, 0) is 0 Å². The second-order valence-corrected chi connectivity index (χ2v) is 12.8. The van der Waals surface area contributed by atoms with Gasteiger partial charge in [-0.1, -0.05) is 152 Å². The van der Waals surface area contributed by atoms with Crippen molar-refractivity contribution >= 4 is 10.8 Å². The van der Waals surface area contributed by atoms with Crippen LogP contribution in [-0.4, -0.2) is 29.9 Å². The fourth-order valence-corrected chi connectivity index (χ4v) is 6.41. The average molecular weight is 692 g/mol. The van der Waals surface area contributed by atoms with Gasteiger partial charge in [0.1, 0.15) is 0 Å². The molecule has 0 fully saturated rings. The molecule has 0 saturated carbocycles. The molecule has 7 aromatic carbocycles. The summed E-state index contributed by atoms with van der Waals surface area (Å²) in [6, 6.07) is 60.4. The molecular weight excluding hydrogens is 663 g/mol. The Morgan fingerprint density at radius 2 is 0.667 bits per heavy atom.